The minimum Gasteiger partial charge on any atom is -0.432 e. The lowest BCUT2D eigenvalue weighted by atomic mass is 9.71. The van der Waals surface area contributed by atoms with Crippen LogP contribution in [0.15, 0.2) is 73.1 Å². The van der Waals surface area contributed by atoms with Gasteiger partial charge in [0.2, 0.25) is 0 Å². The van der Waals surface area contributed by atoms with Gasteiger partial charge in [-0.1, -0.05) is 29.9 Å². The molecule has 0 spiro atoms. The molecular formula is C31H37F3N2O. The SMILES string of the molecule is C=CCCc1cnc(C/C=C\CC2=CCC(C3CCC(C(F)(F)Oc4ccc(F)cc4)CC3)CC2)nc1. The van der Waals surface area contributed by atoms with Gasteiger partial charge in [-0.3, -0.25) is 0 Å². The maximum absolute atomic E-state index is 14.7. The van der Waals surface area contributed by atoms with Crippen LogP contribution in [0.25, 0.3) is 0 Å². The first-order valence-electron chi connectivity index (χ1n) is 13.5. The van der Waals surface area contributed by atoms with Gasteiger partial charge in [-0.25, -0.2) is 14.4 Å². The molecule has 1 fully saturated rings. The van der Waals surface area contributed by atoms with Crippen LogP contribution in [0.5, 0.6) is 5.75 Å². The summed E-state index contributed by atoms with van der Waals surface area (Å²) in [6.07, 6.45) is 18.5. The number of alkyl halides is 2. The van der Waals surface area contributed by atoms with E-state index in [2.05, 4.69) is 34.8 Å². The van der Waals surface area contributed by atoms with Crippen LogP contribution in [0.2, 0.25) is 0 Å². The third-order valence-electron chi connectivity index (χ3n) is 7.77. The van der Waals surface area contributed by atoms with Gasteiger partial charge in [0.15, 0.2) is 0 Å². The van der Waals surface area contributed by atoms with E-state index in [1.807, 2.05) is 18.5 Å². The van der Waals surface area contributed by atoms with Gasteiger partial charge < -0.3 is 4.74 Å². The quantitative estimate of drug-likeness (QED) is 0.285. The summed E-state index contributed by atoms with van der Waals surface area (Å²) < 4.78 is 47.4. The molecule has 2 aliphatic carbocycles. The van der Waals surface area contributed by atoms with Crippen LogP contribution in [0, 0.1) is 23.6 Å². The minimum absolute atomic E-state index is 0.0113. The van der Waals surface area contributed by atoms with Crippen LogP contribution in [0.3, 0.4) is 0 Å². The average Bonchev–Trinajstić information content (AvgIpc) is 2.92. The zero-order valence-corrected chi connectivity index (χ0v) is 21.4. The van der Waals surface area contributed by atoms with Gasteiger partial charge in [0, 0.05) is 18.8 Å². The number of allylic oxidation sites excluding steroid dienone is 5. The van der Waals surface area contributed by atoms with Crippen molar-refractivity contribution in [3.63, 3.8) is 0 Å². The number of hydrogen-bond acceptors (Lipinski definition) is 3. The highest BCUT2D eigenvalue weighted by molar-refractivity contribution is 5.22. The highest BCUT2D eigenvalue weighted by Crippen LogP contribution is 2.44. The van der Waals surface area contributed by atoms with Crippen LogP contribution >= 0.6 is 0 Å². The number of ether oxygens (including phenoxy) is 1. The van der Waals surface area contributed by atoms with Crippen molar-refractivity contribution in [1.82, 2.24) is 9.97 Å². The van der Waals surface area contributed by atoms with Crippen molar-refractivity contribution >= 4 is 0 Å². The molecule has 0 saturated heterocycles. The Labute approximate surface area is 218 Å². The predicted molar refractivity (Wildman–Crippen MR) is 141 cm³/mol. The number of aromatic nitrogens is 2. The Morgan fingerprint density at radius 3 is 2.30 bits per heavy atom. The van der Waals surface area contributed by atoms with Crippen molar-refractivity contribution in [1.29, 1.82) is 0 Å². The van der Waals surface area contributed by atoms with Gasteiger partial charge in [-0.2, -0.15) is 8.78 Å². The number of hydrogen-bond donors (Lipinski definition) is 0. The molecule has 1 atom stereocenters. The fraction of sp³-hybridized carbons (Fsp3) is 0.484. The highest BCUT2D eigenvalue weighted by atomic mass is 19.3. The molecule has 6 heteroatoms. The molecule has 0 bridgehead atoms. The molecule has 0 radical (unpaired) electrons. The first-order valence-corrected chi connectivity index (χ1v) is 13.5. The number of rotatable bonds is 11. The zero-order valence-electron chi connectivity index (χ0n) is 21.4. The monoisotopic (exact) mass is 510 g/mol. The molecule has 1 unspecified atom stereocenters. The van der Waals surface area contributed by atoms with Gasteiger partial charge >= 0.3 is 6.11 Å². The first kappa shape index (κ1) is 27.2. The van der Waals surface area contributed by atoms with E-state index in [1.54, 1.807) is 0 Å². The Bertz CT molecular complexity index is 1050. The van der Waals surface area contributed by atoms with Crippen molar-refractivity contribution in [2.45, 2.75) is 76.7 Å². The summed E-state index contributed by atoms with van der Waals surface area (Å²) in [5.74, 6) is 0.664. The Balaban J connectivity index is 1.17. The lowest BCUT2D eigenvalue weighted by Crippen LogP contribution is -2.38. The van der Waals surface area contributed by atoms with Crippen molar-refractivity contribution in [2.75, 3.05) is 0 Å². The molecule has 0 amide bonds. The van der Waals surface area contributed by atoms with E-state index < -0.39 is 17.8 Å². The first-order chi connectivity index (χ1) is 17.9. The lowest BCUT2D eigenvalue weighted by Gasteiger charge is -2.37. The largest absolute Gasteiger partial charge is 0.432 e. The molecule has 0 aliphatic heterocycles. The van der Waals surface area contributed by atoms with Gasteiger partial charge in [0.05, 0.1) is 5.92 Å². The summed E-state index contributed by atoms with van der Waals surface area (Å²) >= 11 is 0. The van der Waals surface area contributed by atoms with E-state index in [4.69, 9.17) is 4.74 Å². The van der Waals surface area contributed by atoms with E-state index in [-0.39, 0.29) is 5.75 Å². The molecule has 3 nitrogen and oxygen atoms in total. The van der Waals surface area contributed by atoms with Crippen LogP contribution in [0.1, 0.15) is 69.2 Å². The molecule has 2 aromatic rings. The summed E-state index contributed by atoms with van der Waals surface area (Å²) in [7, 11) is 0. The Hall–Kier alpha value is -2.89. The number of nitrogens with zero attached hydrogens (tertiary/aromatic N) is 2. The van der Waals surface area contributed by atoms with E-state index in [0.717, 1.165) is 81.3 Å². The fourth-order valence-electron chi connectivity index (χ4n) is 5.50. The van der Waals surface area contributed by atoms with Crippen LogP contribution < -0.4 is 4.74 Å². The molecule has 1 heterocycles. The molecule has 0 N–H and O–H groups in total. The zero-order chi connectivity index (χ0) is 26.1. The highest BCUT2D eigenvalue weighted by Gasteiger charge is 2.44. The molecule has 1 aromatic heterocycles. The van der Waals surface area contributed by atoms with Crippen molar-refractivity contribution in [2.24, 2.45) is 17.8 Å². The molecule has 1 saturated carbocycles. The third-order valence-corrected chi connectivity index (χ3v) is 7.77. The third kappa shape index (κ3) is 8.05. The number of halogens is 3. The molecule has 198 valence electrons. The standard InChI is InChI=1S/C31H37F3N2O/c1-2-3-6-24-21-35-30(36-22-24)8-5-4-7-23-9-11-25(12-10-23)26-13-15-27(16-14-26)31(33,34)37-29-19-17-28(32)18-20-29/h2,4-5,9,17-22,25-27H,1,3,6-8,10-16H2/b5-4-. The maximum Gasteiger partial charge on any atom is 0.400 e. The van der Waals surface area contributed by atoms with Crippen LogP contribution in [0.4, 0.5) is 13.2 Å². The van der Waals surface area contributed by atoms with Crippen LogP contribution in [-0.2, 0) is 12.8 Å². The molecule has 4 rings (SSSR count). The van der Waals surface area contributed by atoms with E-state index >= 15 is 0 Å². The summed E-state index contributed by atoms with van der Waals surface area (Å²) in [6, 6.07) is 4.79. The summed E-state index contributed by atoms with van der Waals surface area (Å²) in [4.78, 5) is 8.88. The van der Waals surface area contributed by atoms with E-state index in [9.17, 15) is 13.2 Å². The van der Waals surface area contributed by atoms with E-state index in [0.29, 0.717) is 24.7 Å². The molecular weight excluding hydrogens is 473 g/mol. The molecule has 37 heavy (non-hydrogen) atoms. The van der Waals surface area contributed by atoms with Gasteiger partial charge in [-0.05, 0) is 106 Å². The van der Waals surface area contributed by atoms with E-state index in [1.165, 1.54) is 17.7 Å². The summed E-state index contributed by atoms with van der Waals surface area (Å²) in [6.45, 7) is 3.74. The second kappa shape index (κ2) is 13.1. The average molecular weight is 511 g/mol. The number of benzene rings is 1. The normalized spacial score (nSPS) is 22.6. The Kier molecular flexibility index (Phi) is 9.59. The van der Waals surface area contributed by atoms with Crippen molar-refractivity contribution < 1.29 is 17.9 Å². The smallest absolute Gasteiger partial charge is 0.400 e. The van der Waals surface area contributed by atoms with Crippen LogP contribution in [-0.4, -0.2) is 16.1 Å². The lowest BCUT2D eigenvalue weighted by molar-refractivity contribution is -0.224. The summed E-state index contributed by atoms with van der Waals surface area (Å²) in [5, 5.41) is 0. The topological polar surface area (TPSA) is 35.0 Å². The number of aryl methyl sites for hydroxylation is 1. The van der Waals surface area contributed by atoms with Gasteiger partial charge in [-0.15, -0.1) is 6.58 Å². The van der Waals surface area contributed by atoms with Crippen molar-refractivity contribution in [3.8, 4) is 5.75 Å². The van der Waals surface area contributed by atoms with Gasteiger partial charge in [0.25, 0.3) is 0 Å². The second-order valence-corrected chi connectivity index (χ2v) is 10.3. The second-order valence-electron chi connectivity index (χ2n) is 10.3. The van der Waals surface area contributed by atoms with Gasteiger partial charge in [0.1, 0.15) is 17.4 Å². The Morgan fingerprint density at radius 2 is 1.65 bits per heavy atom. The summed E-state index contributed by atoms with van der Waals surface area (Å²) in [5.41, 5.74) is 2.59. The predicted octanol–water partition coefficient (Wildman–Crippen LogP) is 8.43. The van der Waals surface area contributed by atoms with Crippen molar-refractivity contribution in [3.05, 3.63) is 90.3 Å². The molecule has 1 aromatic carbocycles. The minimum atomic E-state index is -3.23. The Morgan fingerprint density at radius 1 is 0.946 bits per heavy atom. The maximum atomic E-state index is 14.7. The molecule has 2 aliphatic rings. The fourth-order valence-corrected chi connectivity index (χ4v) is 5.50.